The Hall–Kier alpha value is -4.25. The van der Waals surface area contributed by atoms with Gasteiger partial charge in [-0.15, -0.1) is 0 Å². The van der Waals surface area contributed by atoms with Gasteiger partial charge >= 0.3 is 0 Å². The fourth-order valence-electron chi connectivity index (χ4n) is 4.16. The minimum Gasteiger partial charge on any atom is -0.507 e. The topological polar surface area (TPSA) is 70.5 Å². The van der Waals surface area contributed by atoms with E-state index in [0.29, 0.717) is 16.8 Å². The summed E-state index contributed by atoms with van der Waals surface area (Å²) in [5.74, 6) is -1.57. The van der Waals surface area contributed by atoms with E-state index in [1.165, 1.54) is 4.90 Å². The molecule has 1 aliphatic rings. The molecule has 0 bridgehead atoms. The Balaban J connectivity index is 1.72. The predicted molar refractivity (Wildman–Crippen MR) is 124 cm³/mol. The highest BCUT2D eigenvalue weighted by Crippen LogP contribution is 2.42. The van der Waals surface area contributed by atoms with Gasteiger partial charge in [0, 0.05) is 23.6 Å². The van der Waals surface area contributed by atoms with Crippen LogP contribution in [0.15, 0.2) is 96.8 Å². The molecule has 2 heterocycles. The highest BCUT2D eigenvalue weighted by Gasteiger charge is 2.46. The molecule has 3 aromatic carbocycles. The number of hydrogen-bond acceptors (Lipinski definition) is 4. The lowest BCUT2D eigenvalue weighted by Gasteiger charge is -2.25. The van der Waals surface area contributed by atoms with Crippen molar-refractivity contribution in [3.05, 3.63) is 114 Å². The number of aliphatic hydroxyl groups is 1. The van der Waals surface area contributed by atoms with E-state index < -0.39 is 17.7 Å². The number of hydrogen-bond donors (Lipinski definition) is 1. The van der Waals surface area contributed by atoms with Crippen LogP contribution in [0.1, 0.15) is 22.7 Å². The average molecular weight is 420 g/mol. The second kappa shape index (κ2) is 7.78. The van der Waals surface area contributed by atoms with Crippen LogP contribution in [0.25, 0.3) is 16.5 Å². The van der Waals surface area contributed by atoms with Crippen LogP contribution in [0.4, 0.5) is 5.69 Å². The second-order valence-electron chi connectivity index (χ2n) is 7.85. The molecule has 1 saturated heterocycles. The van der Waals surface area contributed by atoms with Gasteiger partial charge in [0.2, 0.25) is 0 Å². The van der Waals surface area contributed by atoms with Crippen molar-refractivity contribution in [1.29, 1.82) is 0 Å². The Morgan fingerprint density at radius 1 is 0.875 bits per heavy atom. The number of ketones is 1. The number of nitrogens with zero attached hydrogens (tertiary/aromatic N) is 2. The molecule has 1 amide bonds. The van der Waals surface area contributed by atoms with Gasteiger partial charge in [-0.05, 0) is 53.6 Å². The lowest BCUT2D eigenvalue weighted by molar-refractivity contribution is -0.132. The van der Waals surface area contributed by atoms with Crippen LogP contribution in [0.2, 0.25) is 0 Å². The van der Waals surface area contributed by atoms with Crippen LogP contribution >= 0.6 is 0 Å². The van der Waals surface area contributed by atoms with Crippen LogP contribution in [-0.2, 0) is 9.59 Å². The lowest BCUT2D eigenvalue weighted by Crippen LogP contribution is -2.29. The Labute approximate surface area is 185 Å². The number of carbonyl (C=O) groups excluding carboxylic acids is 2. The fraction of sp³-hybridized carbons (Fsp3) is 0.0741. The first-order valence-electron chi connectivity index (χ1n) is 10.3. The number of anilines is 1. The maximum atomic E-state index is 13.2. The van der Waals surface area contributed by atoms with Crippen molar-refractivity contribution in [2.75, 3.05) is 4.90 Å². The van der Waals surface area contributed by atoms with E-state index in [1.807, 2.05) is 67.6 Å². The van der Waals surface area contributed by atoms with Gasteiger partial charge in [0.15, 0.2) is 0 Å². The van der Waals surface area contributed by atoms with Gasteiger partial charge in [-0.25, -0.2) is 0 Å². The van der Waals surface area contributed by atoms with E-state index in [4.69, 9.17) is 0 Å². The molecule has 1 N–H and O–H groups in total. The number of benzene rings is 3. The molecule has 1 atom stereocenters. The van der Waals surface area contributed by atoms with Gasteiger partial charge in [-0.1, -0.05) is 54.1 Å². The summed E-state index contributed by atoms with van der Waals surface area (Å²) in [6, 6.07) is 23.4. The molecule has 0 spiro atoms. The van der Waals surface area contributed by atoms with Crippen molar-refractivity contribution in [3.63, 3.8) is 0 Å². The molecule has 1 aliphatic heterocycles. The summed E-state index contributed by atoms with van der Waals surface area (Å²) < 4.78 is 0. The number of aryl methyl sites for hydroxylation is 1. The summed E-state index contributed by atoms with van der Waals surface area (Å²) in [5.41, 5.74) is 2.89. The van der Waals surface area contributed by atoms with Gasteiger partial charge in [-0.2, -0.15) is 0 Å². The van der Waals surface area contributed by atoms with Gasteiger partial charge in [0.1, 0.15) is 5.76 Å². The van der Waals surface area contributed by atoms with E-state index in [0.717, 1.165) is 16.3 Å². The monoisotopic (exact) mass is 420 g/mol. The summed E-state index contributed by atoms with van der Waals surface area (Å²) >= 11 is 0. The molecule has 1 aromatic heterocycles. The van der Waals surface area contributed by atoms with Crippen molar-refractivity contribution in [3.8, 4) is 0 Å². The fourth-order valence-corrected chi connectivity index (χ4v) is 4.16. The van der Waals surface area contributed by atoms with E-state index >= 15 is 0 Å². The number of rotatable bonds is 3. The van der Waals surface area contributed by atoms with Crippen molar-refractivity contribution in [2.24, 2.45) is 0 Å². The predicted octanol–water partition coefficient (Wildman–Crippen LogP) is 5.17. The zero-order valence-electron chi connectivity index (χ0n) is 17.4. The van der Waals surface area contributed by atoms with E-state index in [9.17, 15) is 14.7 Å². The first-order chi connectivity index (χ1) is 15.5. The van der Waals surface area contributed by atoms with Crippen LogP contribution < -0.4 is 4.90 Å². The molecule has 1 unspecified atom stereocenters. The molecule has 0 saturated carbocycles. The van der Waals surface area contributed by atoms with Gasteiger partial charge in [-0.3, -0.25) is 19.5 Å². The zero-order valence-corrected chi connectivity index (χ0v) is 17.4. The molecule has 4 aromatic rings. The molecular formula is C27H20N2O3. The average Bonchev–Trinajstić information content (AvgIpc) is 3.10. The largest absolute Gasteiger partial charge is 0.507 e. The van der Waals surface area contributed by atoms with Crippen molar-refractivity contribution >= 4 is 33.9 Å². The summed E-state index contributed by atoms with van der Waals surface area (Å²) in [4.78, 5) is 31.8. The smallest absolute Gasteiger partial charge is 0.300 e. The second-order valence-corrected chi connectivity index (χ2v) is 7.85. The van der Waals surface area contributed by atoms with Gasteiger partial charge < -0.3 is 5.11 Å². The highest BCUT2D eigenvalue weighted by atomic mass is 16.3. The minimum absolute atomic E-state index is 0.0667. The number of aromatic nitrogens is 1. The van der Waals surface area contributed by atoms with Crippen LogP contribution in [0, 0.1) is 6.92 Å². The number of Topliss-reactive ketones (excluding diaryl/α,β-unsaturated/α-hetero) is 1. The third kappa shape index (κ3) is 3.24. The van der Waals surface area contributed by atoms with Crippen LogP contribution in [0.3, 0.4) is 0 Å². The Morgan fingerprint density at radius 2 is 1.56 bits per heavy atom. The molecule has 0 aliphatic carbocycles. The van der Waals surface area contributed by atoms with E-state index in [-0.39, 0.29) is 11.3 Å². The van der Waals surface area contributed by atoms with Gasteiger partial charge in [0.05, 0.1) is 11.6 Å². The SMILES string of the molecule is Cc1ccc(N2C(=O)C(=O)/C(=C(\O)c3ccc4ccccc4c3)C2c2ccncc2)cc1. The molecular weight excluding hydrogens is 400 g/mol. The summed E-state index contributed by atoms with van der Waals surface area (Å²) in [6.07, 6.45) is 3.22. The normalized spacial score (nSPS) is 17.8. The summed E-state index contributed by atoms with van der Waals surface area (Å²) in [6.45, 7) is 1.96. The quantitative estimate of drug-likeness (QED) is 0.282. The first-order valence-corrected chi connectivity index (χ1v) is 10.3. The third-order valence-electron chi connectivity index (χ3n) is 5.80. The van der Waals surface area contributed by atoms with Crippen molar-refractivity contribution in [2.45, 2.75) is 13.0 Å². The van der Waals surface area contributed by atoms with Gasteiger partial charge in [0.25, 0.3) is 11.7 Å². The molecule has 1 fully saturated rings. The molecule has 5 rings (SSSR count). The van der Waals surface area contributed by atoms with E-state index in [2.05, 4.69) is 4.98 Å². The number of fused-ring (bicyclic) bond motifs is 1. The standard InChI is InChI=1S/C27H20N2O3/c1-17-6-10-22(11-7-17)29-24(19-12-14-28-15-13-19)23(26(31)27(29)32)25(30)21-9-8-18-4-2-3-5-20(18)16-21/h2-16,24,30H,1H3/b25-23-. The van der Waals surface area contributed by atoms with Crippen molar-refractivity contribution < 1.29 is 14.7 Å². The van der Waals surface area contributed by atoms with Crippen molar-refractivity contribution in [1.82, 2.24) is 4.98 Å². The summed E-state index contributed by atoms with van der Waals surface area (Å²) in [5, 5.41) is 13.2. The van der Waals surface area contributed by atoms with Crippen LogP contribution in [0.5, 0.6) is 0 Å². The Bertz CT molecular complexity index is 1380. The number of pyridine rings is 1. The number of carbonyl (C=O) groups is 2. The number of amides is 1. The summed E-state index contributed by atoms with van der Waals surface area (Å²) in [7, 11) is 0. The first kappa shape index (κ1) is 19.7. The molecule has 156 valence electrons. The Kier molecular flexibility index (Phi) is 4.79. The maximum absolute atomic E-state index is 13.2. The lowest BCUT2D eigenvalue weighted by atomic mass is 9.95. The maximum Gasteiger partial charge on any atom is 0.300 e. The highest BCUT2D eigenvalue weighted by molar-refractivity contribution is 6.51. The number of aliphatic hydroxyl groups excluding tert-OH is 1. The third-order valence-corrected chi connectivity index (χ3v) is 5.80. The Morgan fingerprint density at radius 3 is 2.28 bits per heavy atom. The molecule has 0 radical (unpaired) electrons. The molecule has 5 heteroatoms. The zero-order chi connectivity index (χ0) is 22.2. The molecule has 5 nitrogen and oxygen atoms in total. The minimum atomic E-state index is -0.757. The molecule has 32 heavy (non-hydrogen) atoms. The van der Waals surface area contributed by atoms with Crippen LogP contribution in [-0.4, -0.2) is 21.8 Å². The van der Waals surface area contributed by atoms with E-state index in [1.54, 1.807) is 30.6 Å².